The summed E-state index contributed by atoms with van der Waals surface area (Å²) in [6, 6.07) is 32.3. The zero-order valence-corrected chi connectivity index (χ0v) is 20.0. The Morgan fingerprint density at radius 2 is 1.08 bits per heavy atom. The van der Waals surface area contributed by atoms with Crippen molar-refractivity contribution in [2.75, 3.05) is 0 Å². The Hall–Kier alpha value is -5.10. The summed E-state index contributed by atoms with van der Waals surface area (Å²) in [5, 5.41) is 2.11. The summed E-state index contributed by atoms with van der Waals surface area (Å²) in [5.74, 6) is 2.77. The predicted molar refractivity (Wildman–Crippen MR) is 146 cm³/mol. The molecule has 0 atom stereocenters. The van der Waals surface area contributed by atoms with E-state index in [1.807, 2.05) is 96.7 Å². The van der Waals surface area contributed by atoms with Crippen LogP contribution in [0.1, 0.15) is 0 Å². The Morgan fingerprint density at radius 3 is 1.62 bits per heavy atom. The molecule has 0 aliphatic rings. The van der Waals surface area contributed by atoms with Crippen molar-refractivity contribution in [3.05, 3.63) is 109 Å². The highest BCUT2D eigenvalue weighted by atomic mass is 16.3. The maximum Gasteiger partial charge on any atom is 0.164 e. The fourth-order valence-electron chi connectivity index (χ4n) is 4.64. The molecule has 0 unspecified atom stereocenters. The van der Waals surface area contributed by atoms with Gasteiger partial charge in [-0.25, -0.2) is 19.9 Å². The van der Waals surface area contributed by atoms with Gasteiger partial charge in [0.15, 0.2) is 17.5 Å². The number of nitrogens with zero attached hydrogens (tertiary/aromatic N) is 5. The van der Waals surface area contributed by atoms with Gasteiger partial charge in [0.2, 0.25) is 0 Å². The molecule has 6 nitrogen and oxygen atoms in total. The van der Waals surface area contributed by atoms with Crippen LogP contribution in [0.4, 0.5) is 0 Å². The SMILES string of the molecule is Cn1ccnc1-c1ccc2c(c1)oc1cc(-c3nc(-c4ccccc4)nc(-c4ccccc4)n3)ccc12. The Kier molecular flexibility index (Phi) is 4.89. The quantitative estimate of drug-likeness (QED) is 0.268. The lowest BCUT2D eigenvalue weighted by molar-refractivity contribution is 0.669. The van der Waals surface area contributed by atoms with Crippen molar-refractivity contribution < 1.29 is 4.42 Å². The first-order chi connectivity index (χ1) is 18.2. The second kappa shape index (κ2) is 8.53. The van der Waals surface area contributed by atoms with Gasteiger partial charge < -0.3 is 8.98 Å². The fourth-order valence-corrected chi connectivity index (χ4v) is 4.64. The van der Waals surface area contributed by atoms with Crippen molar-refractivity contribution in [1.82, 2.24) is 24.5 Å². The summed E-state index contributed by atoms with van der Waals surface area (Å²) in [6.45, 7) is 0. The highest BCUT2D eigenvalue weighted by Crippen LogP contribution is 2.34. The maximum atomic E-state index is 6.31. The number of rotatable bonds is 4. The van der Waals surface area contributed by atoms with E-state index in [0.29, 0.717) is 17.5 Å². The van der Waals surface area contributed by atoms with Gasteiger partial charge in [-0.2, -0.15) is 0 Å². The lowest BCUT2D eigenvalue weighted by Crippen LogP contribution is -2.00. The van der Waals surface area contributed by atoms with Crippen LogP contribution < -0.4 is 0 Å². The molecule has 0 saturated heterocycles. The van der Waals surface area contributed by atoms with E-state index in [4.69, 9.17) is 19.4 Å². The predicted octanol–water partition coefficient (Wildman–Crippen LogP) is 7.17. The minimum atomic E-state index is 0.601. The van der Waals surface area contributed by atoms with E-state index >= 15 is 0 Å². The molecule has 0 spiro atoms. The minimum Gasteiger partial charge on any atom is -0.456 e. The highest BCUT2D eigenvalue weighted by molar-refractivity contribution is 6.06. The van der Waals surface area contributed by atoms with Gasteiger partial charge in [0.05, 0.1) is 0 Å². The van der Waals surface area contributed by atoms with Gasteiger partial charge in [0.1, 0.15) is 17.0 Å². The summed E-state index contributed by atoms with van der Waals surface area (Å²) in [5.41, 5.74) is 5.36. The molecular weight excluding hydrogens is 458 g/mol. The van der Waals surface area contributed by atoms with Crippen LogP contribution in [0.3, 0.4) is 0 Å². The summed E-state index contributed by atoms with van der Waals surface area (Å²) in [4.78, 5) is 18.9. The van der Waals surface area contributed by atoms with E-state index in [1.165, 1.54) is 0 Å². The Morgan fingerprint density at radius 1 is 0.568 bits per heavy atom. The molecule has 6 heteroatoms. The molecule has 37 heavy (non-hydrogen) atoms. The first-order valence-corrected chi connectivity index (χ1v) is 12.0. The second-order valence-corrected chi connectivity index (χ2v) is 8.92. The van der Waals surface area contributed by atoms with Crippen molar-refractivity contribution in [3.8, 4) is 45.6 Å². The fraction of sp³-hybridized carbons (Fsp3) is 0.0323. The van der Waals surface area contributed by atoms with Crippen molar-refractivity contribution in [3.63, 3.8) is 0 Å². The molecule has 4 aromatic carbocycles. The smallest absolute Gasteiger partial charge is 0.164 e. The number of imidazole rings is 1. The highest BCUT2D eigenvalue weighted by Gasteiger charge is 2.15. The summed E-state index contributed by atoms with van der Waals surface area (Å²) >= 11 is 0. The van der Waals surface area contributed by atoms with Crippen LogP contribution in [0, 0.1) is 0 Å². The largest absolute Gasteiger partial charge is 0.456 e. The average Bonchev–Trinajstić information content (AvgIpc) is 3.55. The van der Waals surface area contributed by atoms with Crippen molar-refractivity contribution >= 4 is 21.9 Å². The van der Waals surface area contributed by atoms with Gasteiger partial charge >= 0.3 is 0 Å². The van der Waals surface area contributed by atoms with E-state index in [2.05, 4.69) is 23.2 Å². The maximum absolute atomic E-state index is 6.31. The summed E-state index contributed by atoms with van der Waals surface area (Å²) < 4.78 is 8.31. The van der Waals surface area contributed by atoms with Crippen LogP contribution in [0.2, 0.25) is 0 Å². The Balaban J connectivity index is 1.37. The molecule has 3 aromatic heterocycles. The molecule has 0 N–H and O–H groups in total. The third-order valence-corrected chi connectivity index (χ3v) is 6.51. The first-order valence-electron chi connectivity index (χ1n) is 12.0. The van der Waals surface area contributed by atoms with Gasteiger partial charge in [0, 0.05) is 52.5 Å². The van der Waals surface area contributed by atoms with Crippen LogP contribution in [0.5, 0.6) is 0 Å². The zero-order valence-electron chi connectivity index (χ0n) is 20.0. The number of benzene rings is 4. The van der Waals surface area contributed by atoms with Crippen LogP contribution >= 0.6 is 0 Å². The molecule has 0 amide bonds. The zero-order chi connectivity index (χ0) is 24.8. The van der Waals surface area contributed by atoms with Crippen molar-refractivity contribution in [1.29, 1.82) is 0 Å². The Labute approximate surface area is 212 Å². The van der Waals surface area contributed by atoms with E-state index in [-0.39, 0.29) is 0 Å². The molecule has 0 fully saturated rings. The van der Waals surface area contributed by atoms with Gasteiger partial charge in [0.25, 0.3) is 0 Å². The number of aromatic nitrogens is 5. The van der Waals surface area contributed by atoms with Crippen molar-refractivity contribution in [2.45, 2.75) is 0 Å². The van der Waals surface area contributed by atoms with E-state index in [0.717, 1.165) is 50.0 Å². The standard InChI is InChI=1S/C31H21N5O/c1-36-17-16-32-31(36)23-13-15-25-24-14-12-22(18-26(24)37-27(25)19-23)30-34-28(20-8-4-2-5-9-20)33-29(35-30)21-10-6-3-7-11-21/h2-19H,1H3. The van der Waals surface area contributed by atoms with Gasteiger partial charge in [-0.1, -0.05) is 72.8 Å². The molecule has 176 valence electrons. The van der Waals surface area contributed by atoms with Gasteiger partial charge in [-0.05, 0) is 24.3 Å². The molecule has 7 aromatic rings. The molecule has 0 saturated carbocycles. The van der Waals surface area contributed by atoms with Crippen LogP contribution in [0.15, 0.2) is 114 Å². The van der Waals surface area contributed by atoms with Gasteiger partial charge in [-0.3, -0.25) is 0 Å². The number of fused-ring (bicyclic) bond motifs is 3. The number of hydrogen-bond donors (Lipinski definition) is 0. The summed E-state index contributed by atoms with van der Waals surface area (Å²) in [7, 11) is 1.99. The third kappa shape index (κ3) is 3.76. The molecule has 3 heterocycles. The van der Waals surface area contributed by atoms with Crippen molar-refractivity contribution in [2.24, 2.45) is 7.05 Å². The number of aryl methyl sites for hydroxylation is 1. The lowest BCUT2D eigenvalue weighted by Gasteiger charge is -2.08. The number of furan rings is 1. The molecule has 0 aliphatic carbocycles. The van der Waals surface area contributed by atoms with Crippen LogP contribution in [0.25, 0.3) is 67.5 Å². The lowest BCUT2D eigenvalue weighted by atomic mass is 10.1. The van der Waals surface area contributed by atoms with E-state index < -0.39 is 0 Å². The molecule has 0 aliphatic heterocycles. The van der Waals surface area contributed by atoms with Crippen LogP contribution in [-0.4, -0.2) is 24.5 Å². The van der Waals surface area contributed by atoms with Gasteiger partial charge in [-0.15, -0.1) is 0 Å². The summed E-state index contributed by atoms with van der Waals surface area (Å²) in [6.07, 6.45) is 3.74. The Bertz CT molecular complexity index is 1830. The number of hydrogen-bond acceptors (Lipinski definition) is 5. The van der Waals surface area contributed by atoms with E-state index in [9.17, 15) is 0 Å². The molecule has 7 rings (SSSR count). The topological polar surface area (TPSA) is 69.6 Å². The van der Waals surface area contributed by atoms with E-state index in [1.54, 1.807) is 6.20 Å². The molecule has 0 bridgehead atoms. The molecular formula is C31H21N5O. The van der Waals surface area contributed by atoms with Crippen LogP contribution in [-0.2, 0) is 7.05 Å². The third-order valence-electron chi connectivity index (χ3n) is 6.51. The average molecular weight is 480 g/mol. The second-order valence-electron chi connectivity index (χ2n) is 8.92. The monoisotopic (exact) mass is 479 g/mol. The normalized spacial score (nSPS) is 11.4. The minimum absolute atomic E-state index is 0.601. The first kappa shape index (κ1) is 21.2. The molecule has 0 radical (unpaired) electrons.